The molecule has 1 rings (SSSR count). The van der Waals surface area contributed by atoms with Gasteiger partial charge in [-0.1, -0.05) is 29.8 Å². The molecule has 102 valence electrons. The van der Waals surface area contributed by atoms with Gasteiger partial charge in [0.15, 0.2) is 0 Å². The Labute approximate surface area is 120 Å². The van der Waals surface area contributed by atoms with Crippen LogP contribution in [0, 0.1) is 5.92 Å². The third-order valence-corrected chi connectivity index (χ3v) is 3.53. The minimum Gasteiger partial charge on any atom is -0.374 e. The number of rotatable bonds is 6. The fourth-order valence-electron chi connectivity index (χ4n) is 2.01. The summed E-state index contributed by atoms with van der Waals surface area (Å²) in [6.07, 6.45) is 2.13. The number of benzene rings is 1. The van der Waals surface area contributed by atoms with Crippen LogP contribution in [-0.2, 0) is 6.42 Å². The number of hydrogen-bond acceptors (Lipinski definition) is 2. The van der Waals surface area contributed by atoms with Gasteiger partial charge in [-0.05, 0) is 49.4 Å². The van der Waals surface area contributed by atoms with Crippen molar-refractivity contribution in [2.24, 2.45) is 11.7 Å². The Kier molecular flexibility index (Phi) is 6.16. The summed E-state index contributed by atoms with van der Waals surface area (Å²) in [5.41, 5.74) is 8.56. The van der Waals surface area contributed by atoms with Gasteiger partial charge in [0.25, 0.3) is 0 Å². The summed E-state index contributed by atoms with van der Waals surface area (Å²) >= 11 is 3.54. The van der Waals surface area contributed by atoms with Crippen LogP contribution in [0.2, 0.25) is 0 Å². The molecule has 3 heteroatoms. The molecule has 0 heterocycles. The number of hydrogen-bond donors (Lipinski definition) is 1. The average Bonchev–Trinajstić information content (AvgIpc) is 2.25. The molecule has 2 N–H and O–H groups in total. The van der Waals surface area contributed by atoms with Crippen LogP contribution in [0.25, 0.3) is 0 Å². The van der Waals surface area contributed by atoms with E-state index in [2.05, 4.69) is 66.8 Å². The molecule has 1 unspecified atom stereocenters. The molecule has 0 bridgehead atoms. The first kappa shape index (κ1) is 15.5. The summed E-state index contributed by atoms with van der Waals surface area (Å²) in [7, 11) is 2.16. The van der Waals surface area contributed by atoms with Crippen molar-refractivity contribution in [1.82, 2.24) is 0 Å². The van der Waals surface area contributed by atoms with E-state index in [0.29, 0.717) is 0 Å². The third kappa shape index (κ3) is 4.99. The van der Waals surface area contributed by atoms with Gasteiger partial charge in [0.2, 0.25) is 0 Å². The van der Waals surface area contributed by atoms with E-state index in [1.54, 1.807) is 0 Å². The molecule has 0 aromatic heterocycles. The van der Waals surface area contributed by atoms with Crippen molar-refractivity contribution < 1.29 is 0 Å². The van der Waals surface area contributed by atoms with Crippen LogP contribution in [0.3, 0.4) is 0 Å². The predicted octanol–water partition coefficient (Wildman–Crippen LogP) is 3.82. The molecular weight excluding hydrogens is 288 g/mol. The molecule has 0 saturated heterocycles. The van der Waals surface area contributed by atoms with E-state index in [0.717, 1.165) is 23.4 Å². The molecule has 0 fully saturated rings. The number of halogens is 1. The van der Waals surface area contributed by atoms with Crippen molar-refractivity contribution in [2.45, 2.75) is 39.7 Å². The largest absolute Gasteiger partial charge is 0.374 e. The smallest absolute Gasteiger partial charge is 0.0397 e. The van der Waals surface area contributed by atoms with Crippen LogP contribution in [0.1, 0.15) is 32.8 Å². The normalized spacial score (nSPS) is 12.8. The van der Waals surface area contributed by atoms with Crippen LogP contribution in [0.15, 0.2) is 22.7 Å². The number of nitrogens with zero attached hydrogens (tertiary/aromatic N) is 1. The van der Waals surface area contributed by atoms with Crippen molar-refractivity contribution in [2.75, 3.05) is 18.5 Å². The van der Waals surface area contributed by atoms with E-state index in [-0.39, 0.29) is 6.04 Å². The lowest BCUT2D eigenvalue weighted by atomic mass is 10.0. The Balaban J connectivity index is 2.85. The molecule has 0 amide bonds. The van der Waals surface area contributed by atoms with Gasteiger partial charge in [-0.25, -0.2) is 0 Å². The molecular formula is C15H25BrN2. The Bertz CT molecular complexity index is 375. The summed E-state index contributed by atoms with van der Waals surface area (Å²) < 4.78 is 1.12. The van der Waals surface area contributed by atoms with Gasteiger partial charge in [0.05, 0.1) is 0 Å². The zero-order valence-electron chi connectivity index (χ0n) is 11.9. The molecule has 1 atom stereocenters. The molecule has 18 heavy (non-hydrogen) atoms. The molecule has 1 aromatic carbocycles. The molecule has 2 nitrogen and oxygen atoms in total. The maximum atomic E-state index is 5.93. The lowest BCUT2D eigenvalue weighted by Gasteiger charge is -2.24. The first-order valence-electron chi connectivity index (χ1n) is 6.65. The third-order valence-electron chi connectivity index (χ3n) is 3.04. The van der Waals surface area contributed by atoms with Gasteiger partial charge in [0, 0.05) is 29.8 Å². The zero-order chi connectivity index (χ0) is 13.7. The van der Waals surface area contributed by atoms with Crippen molar-refractivity contribution >= 4 is 21.6 Å². The Morgan fingerprint density at radius 3 is 2.50 bits per heavy atom. The van der Waals surface area contributed by atoms with Gasteiger partial charge in [-0.15, -0.1) is 0 Å². The fraction of sp³-hybridized carbons (Fsp3) is 0.600. The van der Waals surface area contributed by atoms with Crippen LogP contribution < -0.4 is 10.6 Å². The second kappa shape index (κ2) is 7.15. The molecule has 0 aliphatic carbocycles. The van der Waals surface area contributed by atoms with E-state index in [1.165, 1.54) is 17.7 Å². The average molecular weight is 313 g/mol. The lowest BCUT2D eigenvalue weighted by molar-refractivity contribution is 0.584. The highest BCUT2D eigenvalue weighted by molar-refractivity contribution is 9.10. The second-order valence-electron chi connectivity index (χ2n) is 5.56. The summed E-state index contributed by atoms with van der Waals surface area (Å²) in [6, 6.07) is 6.66. The van der Waals surface area contributed by atoms with Gasteiger partial charge in [0.1, 0.15) is 0 Å². The zero-order valence-corrected chi connectivity index (χ0v) is 13.5. The van der Waals surface area contributed by atoms with E-state index in [4.69, 9.17) is 5.73 Å². The van der Waals surface area contributed by atoms with E-state index in [9.17, 15) is 0 Å². The molecule has 1 aromatic rings. The first-order chi connectivity index (χ1) is 8.40. The second-order valence-corrected chi connectivity index (χ2v) is 6.47. The number of nitrogens with two attached hydrogens (primary N) is 1. The van der Waals surface area contributed by atoms with Crippen molar-refractivity contribution in [3.8, 4) is 0 Å². The molecule has 0 spiro atoms. The van der Waals surface area contributed by atoms with E-state index in [1.807, 2.05) is 0 Å². The predicted molar refractivity (Wildman–Crippen MR) is 84.2 cm³/mol. The number of anilines is 1. The van der Waals surface area contributed by atoms with Gasteiger partial charge < -0.3 is 10.6 Å². The highest BCUT2D eigenvalue weighted by atomic mass is 79.9. The molecule has 0 radical (unpaired) electrons. The van der Waals surface area contributed by atoms with Crippen LogP contribution in [0.5, 0.6) is 0 Å². The SMILES string of the molecule is CC(C)CCN(C)c1ccc(Br)cc1CC(C)N. The minimum absolute atomic E-state index is 0.191. The summed E-state index contributed by atoms with van der Waals surface area (Å²) in [5, 5.41) is 0. The Morgan fingerprint density at radius 2 is 1.94 bits per heavy atom. The van der Waals surface area contributed by atoms with Crippen LogP contribution in [-0.4, -0.2) is 19.6 Å². The summed E-state index contributed by atoms with van der Waals surface area (Å²) in [4.78, 5) is 2.34. The van der Waals surface area contributed by atoms with Gasteiger partial charge in [-0.2, -0.15) is 0 Å². The Hall–Kier alpha value is -0.540. The van der Waals surface area contributed by atoms with Crippen molar-refractivity contribution in [3.63, 3.8) is 0 Å². The maximum absolute atomic E-state index is 5.93. The lowest BCUT2D eigenvalue weighted by Crippen LogP contribution is -2.24. The summed E-state index contributed by atoms with van der Waals surface area (Å²) in [5.74, 6) is 0.736. The quantitative estimate of drug-likeness (QED) is 0.865. The Morgan fingerprint density at radius 1 is 1.28 bits per heavy atom. The van der Waals surface area contributed by atoms with Crippen LogP contribution in [0.4, 0.5) is 5.69 Å². The molecule has 0 saturated carbocycles. The fourth-order valence-corrected chi connectivity index (χ4v) is 2.42. The monoisotopic (exact) mass is 312 g/mol. The minimum atomic E-state index is 0.191. The first-order valence-corrected chi connectivity index (χ1v) is 7.44. The van der Waals surface area contributed by atoms with Crippen molar-refractivity contribution in [3.05, 3.63) is 28.2 Å². The standard InChI is InChI=1S/C15H25BrN2/c1-11(2)7-8-18(4)15-6-5-14(16)10-13(15)9-12(3)17/h5-6,10-12H,7-9,17H2,1-4H3. The van der Waals surface area contributed by atoms with Crippen molar-refractivity contribution in [1.29, 1.82) is 0 Å². The topological polar surface area (TPSA) is 29.3 Å². The maximum Gasteiger partial charge on any atom is 0.0397 e. The molecule has 0 aliphatic heterocycles. The van der Waals surface area contributed by atoms with E-state index < -0.39 is 0 Å². The highest BCUT2D eigenvalue weighted by Crippen LogP contribution is 2.25. The van der Waals surface area contributed by atoms with Gasteiger partial charge >= 0.3 is 0 Å². The summed E-state index contributed by atoms with van der Waals surface area (Å²) in [6.45, 7) is 7.67. The van der Waals surface area contributed by atoms with E-state index >= 15 is 0 Å². The van der Waals surface area contributed by atoms with Crippen LogP contribution >= 0.6 is 15.9 Å². The highest BCUT2D eigenvalue weighted by Gasteiger charge is 2.10. The molecule has 0 aliphatic rings. The van der Waals surface area contributed by atoms with Gasteiger partial charge in [-0.3, -0.25) is 0 Å².